The van der Waals surface area contributed by atoms with Gasteiger partial charge in [0.05, 0.1) is 17.6 Å². The second-order valence-electron chi connectivity index (χ2n) is 8.82. The molecule has 1 amide bonds. The number of methoxy groups -OCH3 is 1. The zero-order valence-electron chi connectivity index (χ0n) is 20.8. The van der Waals surface area contributed by atoms with E-state index in [0.29, 0.717) is 41.4 Å². The van der Waals surface area contributed by atoms with Gasteiger partial charge in [0.1, 0.15) is 12.0 Å². The highest BCUT2D eigenvalue weighted by Gasteiger charge is 2.34. The Labute approximate surface area is 222 Å². The van der Waals surface area contributed by atoms with Crippen molar-refractivity contribution in [1.82, 2.24) is 0 Å². The minimum absolute atomic E-state index is 0.0222. The van der Waals surface area contributed by atoms with Crippen LogP contribution in [0.4, 0.5) is 11.4 Å². The molecule has 0 fully saturated rings. The van der Waals surface area contributed by atoms with Crippen LogP contribution in [0.5, 0.6) is 5.75 Å². The number of hydrogen-bond acceptors (Lipinski definition) is 7. The van der Waals surface area contributed by atoms with E-state index < -0.39 is 22.6 Å². The van der Waals surface area contributed by atoms with Crippen molar-refractivity contribution < 1.29 is 26.9 Å². The second-order valence-corrected chi connectivity index (χ2v) is 10.8. The lowest BCUT2D eigenvalue weighted by atomic mass is 10.1. The number of anilines is 2. The van der Waals surface area contributed by atoms with Gasteiger partial charge in [-0.05, 0) is 81.1 Å². The van der Waals surface area contributed by atoms with Gasteiger partial charge in [0, 0.05) is 22.5 Å². The summed E-state index contributed by atoms with van der Waals surface area (Å²) < 4.78 is 42.5. The van der Waals surface area contributed by atoms with Crippen LogP contribution in [0.15, 0.2) is 65.6 Å². The molecule has 196 valence electrons. The van der Waals surface area contributed by atoms with Gasteiger partial charge < -0.3 is 15.2 Å². The highest BCUT2D eigenvalue weighted by atomic mass is 35.5. The SMILES string of the molecule is COc1cc(N)ccc1C(=O)N1c2ccc(Cl)cc2CCCC1OC(C)OS(=O)(=O)c1ccc(C)cc1. The van der Waals surface area contributed by atoms with Crippen LogP contribution in [0.25, 0.3) is 0 Å². The van der Waals surface area contributed by atoms with Gasteiger partial charge in [-0.2, -0.15) is 8.42 Å². The first-order valence-electron chi connectivity index (χ1n) is 11.8. The first-order chi connectivity index (χ1) is 17.6. The molecule has 0 aliphatic carbocycles. The Balaban J connectivity index is 1.67. The minimum Gasteiger partial charge on any atom is -0.496 e. The van der Waals surface area contributed by atoms with Crippen LogP contribution in [-0.4, -0.2) is 34.0 Å². The molecule has 1 aliphatic rings. The number of fused-ring (bicyclic) bond motifs is 1. The minimum atomic E-state index is -4.09. The van der Waals surface area contributed by atoms with Crippen LogP contribution in [0.1, 0.15) is 41.3 Å². The number of amides is 1. The lowest BCUT2D eigenvalue weighted by molar-refractivity contribution is -0.104. The van der Waals surface area contributed by atoms with Crippen LogP contribution in [0.3, 0.4) is 0 Å². The van der Waals surface area contributed by atoms with Crippen LogP contribution in [0, 0.1) is 6.92 Å². The number of rotatable bonds is 7. The third-order valence-electron chi connectivity index (χ3n) is 6.08. The zero-order valence-corrected chi connectivity index (χ0v) is 22.4. The molecule has 0 saturated heterocycles. The third kappa shape index (κ3) is 6.07. The molecule has 1 heterocycles. The van der Waals surface area contributed by atoms with E-state index in [1.165, 1.54) is 31.1 Å². The molecule has 4 rings (SSSR count). The monoisotopic (exact) mass is 544 g/mol. The van der Waals surface area contributed by atoms with Gasteiger partial charge in [-0.3, -0.25) is 9.69 Å². The maximum absolute atomic E-state index is 14.0. The van der Waals surface area contributed by atoms with E-state index in [0.717, 1.165) is 11.1 Å². The average Bonchev–Trinajstić information content (AvgIpc) is 3.01. The standard InChI is InChI=1S/C27H29ClN2O6S/c1-17-7-11-22(12-8-17)37(32,33)36-18(2)35-26-6-4-5-19-15-20(28)9-14-24(19)30(26)27(31)23-13-10-21(29)16-25(23)34-3/h7-16,18,26H,4-6,29H2,1-3H3. The predicted octanol–water partition coefficient (Wildman–Crippen LogP) is 5.32. The van der Waals surface area contributed by atoms with E-state index in [4.69, 9.17) is 31.0 Å². The van der Waals surface area contributed by atoms with Gasteiger partial charge >= 0.3 is 0 Å². The maximum atomic E-state index is 14.0. The Morgan fingerprint density at radius 1 is 1.11 bits per heavy atom. The Hall–Kier alpha value is -3.11. The predicted molar refractivity (Wildman–Crippen MR) is 142 cm³/mol. The first-order valence-corrected chi connectivity index (χ1v) is 13.6. The highest BCUT2D eigenvalue weighted by Crippen LogP contribution is 2.35. The quantitative estimate of drug-likeness (QED) is 0.244. The molecule has 3 aromatic carbocycles. The van der Waals surface area contributed by atoms with Crippen molar-refractivity contribution in [3.05, 3.63) is 82.4 Å². The molecule has 8 nitrogen and oxygen atoms in total. The van der Waals surface area contributed by atoms with Gasteiger partial charge in [-0.25, -0.2) is 4.18 Å². The molecule has 2 N–H and O–H groups in total. The van der Waals surface area contributed by atoms with Crippen molar-refractivity contribution in [2.75, 3.05) is 17.7 Å². The summed E-state index contributed by atoms with van der Waals surface area (Å²) in [6.45, 7) is 3.35. The van der Waals surface area contributed by atoms with Crippen LogP contribution < -0.4 is 15.4 Å². The van der Waals surface area contributed by atoms with E-state index in [1.54, 1.807) is 42.5 Å². The zero-order chi connectivity index (χ0) is 26.7. The first kappa shape index (κ1) is 26.9. The number of carbonyl (C=O) groups excluding carboxylic acids is 1. The summed E-state index contributed by atoms with van der Waals surface area (Å²) >= 11 is 6.25. The molecule has 10 heteroatoms. The van der Waals surface area contributed by atoms with E-state index in [-0.39, 0.29) is 16.4 Å². The topological polar surface area (TPSA) is 108 Å². The summed E-state index contributed by atoms with van der Waals surface area (Å²) in [4.78, 5) is 15.5. The fourth-order valence-electron chi connectivity index (χ4n) is 4.31. The Kier molecular flexibility index (Phi) is 8.08. The largest absolute Gasteiger partial charge is 0.496 e. The number of nitrogens with zero attached hydrogens (tertiary/aromatic N) is 1. The van der Waals surface area contributed by atoms with Crippen LogP contribution >= 0.6 is 11.6 Å². The maximum Gasteiger partial charge on any atom is 0.299 e. The summed E-state index contributed by atoms with van der Waals surface area (Å²) in [5.41, 5.74) is 9.04. The molecule has 1 aliphatic heterocycles. The van der Waals surface area contributed by atoms with Crippen LogP contribution in [0.2, 0.25) is 5.02 Å². The average molecular weight is 545 g/mol. The van der Waals surface area contributed by atoms with Gasteiger partial charge in [0.25, 0.3) is 16.0 Å². The Bertz CT molecular complexity index is 1390. The Morgan fingerprint density at radius 3 is 2.54 bits per heavy atom. The molecule has 0 spiro atoms. The summed E-state index contributed by atoms with van der Waals surface area (Å²) in [6.07, 6.45) is -0.213. The molecule has 2 atom stereocenters. The molecular formula is C27H29ClN2O6S. The van der Waals surface area contributed by atoms with Crippen molar-refractivity contribution in [3.63, 3.8) is 0 Å². The van der Waals surface area contributed by atoms with Gasteiger partial charge in [0.15, 0.2) is 6.29 Å². The smallest absolute Gasteiger partial charge is 0.299 e. The van der Waals surface area contributed by atoms with Crippen LogP contribution in [-0.2, 0) is 25.5 Å². The van der Waals surface area contributed by atoms with Gasteiger partial charge in [-0.15, -0.1) is 0 Å². The molecule has 2 unspecified atom stereocenters. The van der Waals surface area contributed by atoms with E-state index in [1.807, 2.05) is 13.0 Å². The summed E-state index contributed by atoms with van der Waals surface area (Å²) in [7, 11) is -2.63. The number of hydrogen-bond donors (Lipinski definition) is 1. The van der Waals surface area contributed by atoms with Gasteiger partial charge in [0.2, 0.25) is 0 Å². The normalized spacial score (nSPS) is 16.5. The molecule has 3 aromatic rings. The van der Waals surface area contributed by atoms with E-state index in [9.17, 15) is 13.2 Å². The number of halogens is 1. The van der Waals surface area contributed by atoms with E-state index in [2.05, 4.69) is 0 Å². The fraction of sp³-hybridized carbons (Fsp3) is 0.296. The van der Waals surface area contributed by atoms with Gasteiger partial charge in [-0.1, -0.05) is 29.3 Å². The molecular weight excluding hydrogens is 516 g/mol. The number of carbonyl (C=O) groups is 1. The lowest BCUT2D eigenvalue weighted by Crippen LogP contribution is -2.44. The molecule has 0 bridgehead atoms. The van der Waals surface area contributed by atoms with E-state index >= 15 is 0 Å². The third-order valence-corrected chi connectivity index (χ3v) is 7.69. The van der Waals surface area contributed by atoms with Crippen molar-refractivity contribution in [2.24, 2.45) is 0 Å². The lowest BCUT2D eigenvalue weighted by Gasteiger charge is -2.33. The number of nitrogens with two attached hydrogens (primary N) is 1. The van der Waals surface area contributed by atoms with Crippen molar-refractivity contribution >= 4 is 39.0 Å². The fourth-order valence-corrected chi connectivity index (χ4v) is 5.48. The molecule has 37 heavy (non-hydrogen) atoms. The molecule has 0 radical (unpaired) electrons. The Morgan fingerprint density at radius 2 is 1.84 bits per heavy atom. The number of ether oxygens (including phenoxy) is 2. The second kappa shape index (κ2) is 11.1. The number of aryl methyl sites for hydroxylation is 2. The molecule has 0 aromatic heterocycles. The number of benzene rings is 3. The highest BCUT2D eigenvalue weighted by molar-refractivity contribution is 7.86. The van der Waals surface area contributed by atoms with Crippen molar-refractivity contribution in [2.45, 2.75) is 50.5 Å². The summed E-state index contributed by atoms with van der Waals surface area (Å²) in [5, 5.41) is 0.552. The van der Waals surface area contributed by atoms with Crippen molar-refractivity contribution in [3.8, 4) is 5.75 Å². The summed E-state index contributed by atoms with van der Waals surface area (Å²) in [6, 6.07) is 16.4. The molecule has 0 saturated carbocycles. The van der Waals surface area contributed by atoms with Crippen molar-refractivity contribution in [1.29, 1.82) is 0 Å². The summed E-state index contributed by atoms with van der Waals surface area (Å²) in [5.74, 6) is -0.0735. The number of nitrogen functional groups attached to an aromatic ring is 1.